The number of halogens is 1. The molecule has 1 aromatic carbocycles. The zero-order valence-corrected chi connectivity index (χ0v) is 7.88. The Balaban J connectivity index is 2.64. The van der Waals surface area contributed by atoms with Gasteiger partial charge in [-0.2, -0.15) is 0 Å². The van der Waals surface area contributed by atoms with E-state index >= 15 is 0 Å². The maximum Gasteiger partial charge on any atom is 0.492 e. The first-order valence-corrected chi connectivity index (χ1v) is 4.40. The van der Waals surface area contributed by atoms with Crippen LogP contribution in [0.3, 0.4) is 0 Å². The molecule has 0 saturated carbocycles. The molecule has 3 N–H and O–H groups in total. The van der Waals surface area contributed by atoms with Crippen molar-refractivity contribution in [2.24, 2.45) is 0 Å². The molecule has 0 radical (unpaired) electrons. The lowest BCUT2D eigenvalue weighted by Gasteiger charge is -2.08. The molecule has 0 saturated heterocycles. The third-order valence-corrected chi connectivity index (χ3v) is 2.60. The summed E-state index contributed by atoms with van der Waals surface area (Å²) in [5.74, 6) is 0. The topological polar surface area (TPSA) is 55.5 Å². The van der Waals surface area contributed by atoms with Gasteiger partial charge >= 0.3 is 7.12 Å². The summed E-state index contributed by atoms with van der Waals surface area (Å²) in [6, 6.07) is 3.41. The molecule has 0 aromatic heterocycles. The van der Waals surface area contributed by atoms with Crippen LogP contribution in [-0.2, 0) is 4.65 Å². The Morgan fingerprint density at radius 1 is 1.62 bits per heavy atom. The quantitative estimate of drug-likeness (QED) is 0.475. The predicted molar refractivity (Wildman–Crippen MR) is 53.0 cm³/mol. The van der Waals surface area contributed by atoms with E-state index in [0.717, 1.165) is 11.0 Å². The van der Waals surface area contributed by atoms with Crippen molar-refractivity contribution in [3.05, 3.63) is 22.7 Å². The maximum atomic E-state index is 9.45. The molecular formula is C8H9BClNO2. The first kappa shape index (κ1) is 8.87. The first-order chi connectivity index (χ1) is 6.11. The van der Waals surface area contributed by atoms with E-state index in [1.54, 1.807) is 12.1 Å². The molecule has 68 valence electrons. The molecule has 1 aliphatic heterocycles. The van der Waals surface area contributed by atoms with Gasteiger partial charge in [-0.05, 0) is 18.5 Å². The molecule has 13 heavy (non-hydrogen) atoms. The van der Waals surface area contributed by atoms with Crippen LogP contribution in [0, 0.1) is 0 Å². The van der Waals surface area contributed by atoms with Gasteiger partial charge in [0.05, 0.1) is 16.8 Å². The summed E-state index contributed by atoms with van der Waals surface area (Å²) in [4.78, 5) is 0. The number of anilines is 1. The average Bonchev–Trinajstić information content (AvgIpc) is 2.35. The van der Waals surface area contributed by atoms with Crippen LogP contribution < -0.4 is 11.2 Å². The molecule has 3 nitrogen and oxygen atoms in total. The van der Waals surface area contributed by atoms with Crippen molar-refractivity contribution in [2.45, 2.75) is 13.0 Å². The third kappa shape index (κ3) is 1.22. The molecule has 1 unspecified atom stereocenters. The van der Waals surface area contributed by atoms with Gasteiger partial charge in [0.15, 0.2) is 0 Å². The Morgan fingerprint density at radius 3 is 3.00 bits per heavy atom. The monoisotopic (exact) mass is 197 g/mol. The highest BCUT2D eigenvalue weighted by Gasteiger charge is 2.34. The van der Waals surface area contributed by atoms with E-state index in [2.05, 4.69) is 0 Å². The minimum atomic E-state index is -0.871. The van der Waals surface area contributed by atoms with Crippen molar-refractivity contribution >= 4 is 29.9 Å². The van der Waals surface area contributed by atoms with Crippen molar-refractivity contribution < 1.29 is 9.68 Å². The Morgan fingerprint density at radius 2 is 2.31 bits per heavy atom. The van der Waals surface area contributed by atoms with Gasteiger partial charge in [0.25, 0.3) is 0 Å². The standard InChI is InChI=1S/C8H9BClNO2/c1-4-7-5(9(12)13-4)2-3-6(10)8(7)11/h2-4,12H,11H2,1H3. The van der Waals surface area contributed by atoms with Crippen molar-refractivity contribution in [2.75, 3.05) is 5.73 Å². The average molecular weight is 197 g/mol. The van der Waals surface area contributed by atoms with Crippen molar-refractivity contribution in [1.29, 1.82) is 0 Å². The molecular weight excluding hydrogens is 188 g/mol. The van der Waals surface area contributed by atoms with E-state index < -0.39 is 7.12 Å². The van der Waals surface area contributed by atoms with E-state index in [9.17, 15) is 5.02 Å². The van der Waals surface area contributed by atoms with Crippen LogP contribution in [0.15, 0.2) is 12.1 Å². The minimum absolute atomic E-state index is 0.191. The summed E-state index contributed by atoms with van der Waals surface area (Å²) in [6.45, 7) is 1.84. The summed E-state index contributed by atoms with van der Waals surface area (Å²) < 4.78 is 5.18. The number of fused-ring (bicyclic) bond motifs is 1. The molecule has 1 aliphatic rings. The summed E-state index contributed by atoms with van der Waals surface area (Å²) in [6.07, 6.45) is -0.191. The molecule has 1 atom stereocenters. The second-order valence-electron chi connectivity index (χ2n) is 3.09. The number of rotatable bonds is 0. The zero-order valence-electron chi connectivity index (χ0n) is 7.12. The van der Waals surface area contributed by atoms with Gasteiger partial charge in [0, 0.05) is 5.56 Å². The van der Waals surface area contributed by atoms with Crippen LogP contribution in [0.5, 0.6) is 0 Å². The lowest BCUT2D eigenvalue weighted by molar-refractivity contribution is 0.209. The molecule has 0 aliphatic carbocycles. The zero-order chi connectivity index (χ0) is 9.59. The fraction of sp³-hybridized carbons (Fsp3) is 0.250. The normalized spacial score (nSPS) is 20.5. The van der Waals surface area contributed by atoms with E-state index in [0.29, 0.717) is 10.7 Å². The molecule has 0 amide bonds. The fourth-order valence-corrected chi connectivity index (χ4v) is 1.80. The third-order valence-electron chi connectivity index (χ3n) is 2.27. The van der Waals surface area contributed by atoms with Gasteiger partial charge in [0.1, 0.15) is 0 Å². The maximum absolute atomic E-state index is 9.45. The summed E-state index contributed by atoms with van der Waals surface area (Å²) in [5.41, 5.74) is 7.79. The molecule has 0 bridgehead atoms. The van der Waals surface area contributed by atoms with Crippen LogP contribution in [0.4, 0.5) is 5.69 Å². The molecule has 0 fully saturated rings. The number of hydrogen-bond donors (Lipinski definition) is 2. The Hall–Kier alpha value is -0.705. The van der Waals surface area contributed by atoms with Crippen LogP contribution in [-0.4, -0.2) is 12.1 Å². The van der Waals surface area contributed by atoms with Crippen molar-refractivity contribution in [3.8, 4) is 0 Å². The highest BCUT2D eigenvalue weighted by molar-refractivity contribution is 6.62. The number of nitrogen functional groups attached to an aromatic ring is 1. The van der Waals surface area contributed by atoms with Crippen LogP contribution in [0.25, 0.3) is 0 Å². The van der Waals surface area contributed by atoms with Crippen molar-refractivity contribution in [1.82, 2.24) is 0 Å². The fourth-order valence-electron chi connectivity index (χ4n) is 1.63. The van der Waals surface area contributed by atoms with Crippen LogP contribution in [0.2, 0.25) is 5.02 Å². The van der Waals surface area contributed by atoms with Crippen molar-refractivity contribution in [3.63, 3.8) is 0 Å². The summed E-state index contributed by atoms with van der Waals surface area (Å²) in [5, 5.41) is 9.95. The summed E-state index contributed by atoms with van der Waals surface area (Å²) in [7, 11) is -0.871. The predicted octanol–water partition coefficient (Wildman–Crippen LogP) is 0.701. The minimum Gasteiger partial charge on any atom is -0.423 e. The van der Waals surface area contributed by atoms with Crippen LogP contribution in [0.1, 0.15) is 18.6 Å². The largest absolute Gasteiger partial charge is 0.492 e. The van der Waals surface area contributed by atoms with E-state index in [1.807, 2.05) is 6.92 Å². The van der Waals surface area contributed by atoms with Gasteiger partial charge in [-0.15, -0.1) is 0 Å². The number of nitrogens with two attached hydrogens (primary N) is 1. The van der Waals surface area contributed by atoms with Gasteiger partial charge in [-0.1, -0.05) is 17.7 Å². The van der Waals surface area contributed by atoms with Gasteiger partial charge in [-0.25, -0.2) is 0 Å². The summed E-state index contributed by atoms with van der Waals surface area (Å²) >= 11 is 5.84. The second kappa shape index (κ2) is 2.91. The highest BCUT2D eigenvalue weighted by Crippen LogP contribution is 2.32. The molecule has 1 aromatic rings. The molecule has 1 heterocycles. The van der Waals surface area contributed by atoms with E-state index in [4.69, 9.17) is 22.0 Å². The Labute approximate surface area is 81.6 Å². The Bertz CT molecular complexity index is 358. The second-order valence-corrected chi connectivity index (χ2v) is 3.50. The molecule has 5 heteroatoms. The number of benzene rings is 1. The lowest BCUT2D eigenvalue weighted by Crippen LogP contribution is -2.28. The van der Waals surface area contributed by atoms with Gasteiger partial charge < -0.3 is 15.4 Å². The van der Waals surface area contributed by atoms with E-state index in [-0.39, 0.29) is 6.10 Å². The molecule has 2 rings (SSSR count). The first-order valence-electron chi connectivity index (χ1n) is 4.02. The molecule has 0 spiro atoms. The van der Waals surface area contributed by atoms with Gasteiger partial charge in [-0.3, -0.25) is 0 Å². The smallest absolute Gasteiger partial charge is 0.423 e. The van der Waals surface area contributed by atoms with Crippen LogP contribution >= 0.6 is 11.6 Å². The Kier molecular flexibility index (Phi) is 1.98. The lowest BCUT2D eigenvalue weighted by atomic mass is 9.79. The number of hydrogen-bond acceptors (Lipinski definition) is 3. The van der Waals surface area contributed by atoms with Gasteiger partial charge in [0.2, 0.25) is 0 Å². The van der Waals surface area contributed by atoms with E-state index in [1.165, 1.54) is 0 Å². The SMILES string of the molecule is CC1OB(O)c2ccc(Cl)c(N)c21. The highest BCUT2D eigenvalue weighted by atomic mass is 35.5.